The number of carbonyl (C=O) groups excluding carboxylic acids is 1. The molecule has 8 nitrogen and oxygen atoms in total. The van der Waals surface area contributed by atoms with Gasteiger partial charge in [-0.15, -0.1) is 0 Å². The van der Waals surface area contributed by atoms with Crippen molar-refractivity contribution in [1.82, 2.24) is 4.90 Å². The molecule has 8 heteroatoms. The van der Waals surface area contributed by atoms with E-state index in [4.69, 9.17) is 31.4 Å². The van der Waals surface area contributed by atoms with Crippen LogP contribution < -0.4 is 17.2 Å². The summed E-state index contributed by atoms with van der Waals surface area (Å²) < 4.78 is 20.4. The molecule has 1 amide bonds. The average molecular weight is 731 g/mol. The molecule has 0 aromatic rings. The normalized spacial score (nSPS) is 34.7. The van der Waals surface area contributed by atoms with Gasteiger partial charge in [-0.2, -0.15) is 0 Å². The maximum Gasteiger partial charge on any atom is 0.245 e. The summed E-state index contributed by atoms with van der Waals surface area (Å²) in [5.41, 5.74) is 18.2. The number of carbonyl (C=O) groups is 1. The highest BCUT2D eigenvalue weighted by Gasteiger charge is 2.66. The molecule has 0 aromatic carbocycles. The summed E-state index contributed by atoms with van der Waals surface area (Å²) in [5, 5.41) is 0. The molecule has 0 heterocycles. The summed E-state index contributed by atoms with van der Waals surface area (Å²) in [6, 6.07) is 0. The Balaban J connectivity index is 1.51. The van der Waals surface area contributed by atoms with Gasteiger partial charge in [0.15, 0.2) is 0 Å². The van der Waals surface area contributed by atoms with Crippen molar-refractivity contribution < 1.29 is 19.0 Å². The third kappa shape index (κ3) is 10.6. The third-order valence-corrected chi connectivity index (χ3v) is 14.8. The smallest absolute Gasteiger partial charge is 0.245 e. The molecule has 302 valence electrons. The van der Waals surface area contributed by atoms with Gasteiger partial charge in [-0.25, -0.2) is 0 Å². The standard InChI is InChI=1S/C44H82N4O4/c1-6-8-9-10-11-12-25-48(41(49)7-2)26-13-17-33(3)36-18-19-37-42-38(32-40(44(36,37)5)52-29-16-24-47)43(4)21-20-35(50-27-14-22-45)30-34(43)31-39(42)51-28-15-23-46/h7,33-40,42H,2,6,8-32,45-47H2,1,3-5H3/t33-,34?,35-,36?,37+,38+,39-,40+,42?,43?,44?/m1/s1. The zero-order valence-corrected chi connectivity index (χ0v) is 34.2. The van der Waals surface area contributed by atoms with Crippen LogP contribution in [0.3, 0.4) is 0 Å². The van der Waals surface area contributed by atoms with Crippen molar-refractivity contribution in [3.8, 4) is 0 Å². The molecule has 4 fully saturated rings. The van der Waals surface area contributed by atoms with E-state index in [1.807, 2.05) is 0 Å². The highest BCUT2D eigenvalue weighted by molar-refractivity contribution is 5.86. The van der Waals surface area contributed by atoms with Gasteiger partial charge in [0.2, 0.25) is 5.91 Å². The molecule has 0 saturated heterocycles. The fourth-order valence-corrected chi connectivity index (χ4v) is 11.9. The molecule has 0 bridgehead atoms. The minimum absolute atomic E-state index is 0.0849. The maximum absolute atomic E-state index is 12.8. The lowest BCUT2D eigenvalue weighted by molar-refractivity contribution is -0.227. The second-order valence-electron chi connectivity index (χ2n) is 17.9. The molecular weight excluding hydrogens is 649 g/mol. The lowest BCUT2D eigenvalue weighted by Crippen LogP contribution is -2.63. The van der Waals surface area contributed by atoms with Gasteiger partial charge in [-0.3, -0.25) is 4.79 Å². The van der Waals surface area contributed by atoms with Crippen LogP contribution in [0, 0.1) is 46.3 Å². The topological polar surface area (TPSA) is 126 Å². The number of fused-ring (bicyclic) bond motifs is 5. The Labute approximate surface area is 319 Å². The number of nitrogens with zero attached hydrogens (tertiary/aromatic N) is 1. The number of hydrogen-bond donors (Lipinski definition) is 3. The van der Waals surface area contributed by atoms with Crippen LogP contribution in [-0.4, -0.2) is 81.7 Å². The first kappa shape index (κ1) is 43.7. The largest absolute Gasteiger partial charge is 0.378 e. The molecule has 11 atom stereocenters. The lowest BCUT2D eigenvalue weighted by atomic mass is 9.43. The number of rotatable bonds is 25. The van der Waals surface area contributed by atoms with E-state index in [1.165, 1.54) is 57.4 Å². The molecule has 4 rings (SSSR count). The van der Waals surface area contributed by atoms with Crippen LogP contribution in [0.2, 0.25) is 0 Å². The van der Waals surface area contributed by atoms with E-state index in [0.29, 0.717) is 61.2 Å². The summed E-state index contributed by atoms with van der Waals surface area (Å²) in [5.74, 6) is 3.53. The Hall–Kier alpha value is -1.03. The molecule has 0 radical (unpaired) electrons. The number of hydrogen-bond acceptors (Lipinski definition) is 7. The minimum atomic E-state index is 0.0849. The molecule has 5 unspecified atom stereocenters. The van der Waals surface area contributed by atoms with Crippen LogP contribution in [0.25, 0.3) is 0 Å². The third-order valence-electron chi connectivity index (χ3n) is 14.8. The average Bonchev–Trinajstić information content (AvgIpc) is 3.50. The quantitative estimate of drug-likeness (QED) is 0.0645. The van der Waals surface area contributed by atoms with Gasteiger partial charge in [-0.05, 0) is 150 Å². The zero-order valence-electron chi connectivity index (χ0n) is 34.2. The Morgan fingerprint density at radius 2 is 1.46 bits per heavy atom. The molecule has 4 saturated carbocycles. The van der Waals surface area contributed by atoms with Crippen molar-refractivity contribution in [2.75, 3.05) is 52.5 Å². The zero-order chi connectivity index (χ0) is 37.6. The monoisotopic (exact) mass is 731 g/mol. The van der Waals surface area contributed by atoms with Crippen molar-refractivity contribution in [2.45, 2.75) is 162 Å². The van der Waals surface area contributed by atoms with Crippen molar-refractivity contribution in [3.05, 3.63) is 12.7 Å². The Kier molecular flexibility index (Phi) is 18.4. The van der Waals surface area contributed by atoms with Gasteiger partial charge in [0, 0.05) is 38.3 Å². The van der Waals surface area contributed by atoms with Gasteiger partial charge in [0.1, 0.15) is 0 Å². The van der Waals surface area contributed by atoms with Crippen molar-refractivity contribution in [3.63, 3.8) is 0 Å². The van der Waals surface area contributed by atoms with E-state index in [1.54, 1.807) is 0 Å². The van der Waals surface area contributed by atoms with Crippen molar-refractivity contribution >= 4 is 5.91 Å². The van der Waals surface area contributed by atoms with E-state index < -0.39 is 0 Å². The molecular formula is C44H82N4O4. The Morgan fingerprint density at radius 1 is 0.808 bits per heavy atom. The first-order valence-electron chi connectivity index (χ1n) is 22.1. The SMILES string of the molecule is C=CC(=O)N(CCCCCCCC)CCC[C@@H](C)C1CC[C@H]2C3[C@H](OCCCN)CC4C[C@H](OCCCN)CCC4(C)[C@H]3C[C@H](OCCCN)C12C. The molecule has 4 aliphatic carbocycles. The summed E-state index contributed by atoms with van der Waals surface area (Å²) in [7, 11) is 0. The van der Waals surface area contributed by atoms with E-state index in [-0.39, 0.29) is 28.9 Å². The predicted octanol–water partition coefficient (Wildman–Crippen LogP) is 7.86. The maximum atomic E-state index is 12.8. The van der Waals surface area contributed by atoms with Crippen LogP contribution >= 0.6 is 0 Å². The Bertz CT molecular complexity index is 1050. The van der Waals surface area contributed by atoms with E-state index in [2.05, 4.69) is 39.2 Å². The highest BCUT2D eigenvalue weighted by atomic mass is 16.5. The lowest BCUT2D eigenvalue weighted by Gasteiger charge is -2.65. The molecule has 52 heavy (non-hydrogen) atoms. The summed E-state index contributed by atoms with van der Waals surface area (Å²) in [6.07, 6.45) is 22.9. The second kappa shape index (κ2) is 21.9. The van der Waals surface area contributed by atoms with Gasteiger partial charge < -0.3 is 36.3 Å². The molecule has 0 spiro atoms. The second-order valence-corrected chi connectivity index (χ2v) is 17.9. The minimum Gasteiger partial charge on any atom is -0.378 e. The first-order chi connectivity index (χ1) is 25.2. The summed E-state index contributed by atoms with van der Waals surface area (Å²) in [4.78, 5) is 14.9. The summed E-state index contributed by atoms with van der Waals surface area (Å²) in [6.45, 7) is 19.8. The predicted molar refractivity (Wildman–Crippen MR) is 215 cm³/mol. The van der Waals surface area contributed by atoms with Crippen LogP contribution in [-0.2, 0) is 19.0 Å². The van der Waals surface area contributed by atoms with Gasteiger partial charge in [0.25, 0.3) is 0 Å². The van der Waals surface area contributed by atoms with E-state index in [0.717, 1.165) is 97.1 Å². The fourth-order valence-electron chi connectivity index (χ4n) is 11.9. The molecule has 6 N–H and O–H groups in total. The van der Waals surface area contributed by atoms with Crippen LogP contribution in [0.1, 0.15) is 143 Å². The van der Waals surface area contributed by atoms with Crippen LogP contribution in [0.5, 0.6) is 0 Å². The fraction of sp³-hybridized carbons (Fsp3) is 0.932. The van der Waals surface area contributed by atoms with Crippen molar-refractivity contribution in [2.24, 2.45) is 63.5 Å². The van der Waals surface area contributed by atoms with Crippen molar-refractivity contribution in [1.29, 1.82) is 0 Å². The van der Waals surface area contributed by atoms with E-state index >= 15 is 0 Å². The number of nitrogens with two attached hydrogens (primary N) is 3. The molecule has 0 aromatic heterocycles. The summed E-state index contributed by atoms with van der Waals surface area (Å²) >= 11 is 0. The number of unbranched alkanes of at least 4 members (excludes halogenated alkanes) is 5. The first-order valence-corrected chi connectivity index (χ1v) is 22.1. The highest BCUT2D eigenvalue weighted by Crippen LogP contribution is 2.69. The van der Waals surface area contributed by atoms with E-state index in [9.17, 15) is 4.79 Å². The van der Waals surface area contributed by atoms with Gasteiger partial charge in [-0.1, -0.05) is 66.4 Å². The number of amides is 1. The van der Waals surface area contributed by atoms with Crippen LogP contribution in [0.15, 0.2) is 12.7 Å². The molecule has 0 aliphatic heterocycles. The Morgan fingerprint density at radius 3 is 2.15 bits per heavy atom. The van der Waals surface area contributed by atoms with Gasteiger partial charge in [0.05, 0.1) is 18.3 Å². The molecule has 4 aliphatic rings. The van der Waals surface area contributed by atoms with Gasteiger partial charge >= 0.3 is 0 Å². The van der Waals surface area contributed by atoms with Crippen LogP contribution in [0.4, 0.5) is 0 Å². The number of ether oxygens (including phenoxy) is 3.